The van der Waals surface area contributed by atoms with Gasteiger partial charge in [-0.15, -0.1) is 24.0 Å². The number of aliphatic imine (C=N–C) groups is 1. The highest BCUT2D eigenvalue weighted by Gasteiger charge is 2.53. The van der Waals surface area contributed by atoms with Crippen molar-refractivity contribution in [3.63, 3.8) is 0 Å². The van der Waals surface area contributed by atoms with Gasteiger partial charge in [-0.05, 0) is 64.6 Å². The molecule has 0 aromatic heterocycles. The van der Waals surface area contributed by atoms with E-state index in [-0.39, 0.29) is 24.0 Å². The maximum Gasteiger partial charge on any atom is 0.193 e. The zero-order chi connectivity index (χ0) is 17.2. The van der Waals surface area contributed by atoms with E-state index in [1.54, 1.807) is 0 Å². The quantitative estimate of drug-likeness (QED) is 0.377. The second-order valence-electron chi connectivity index (χ2n) is 8.50. The minimum absolute atomic E-state index is 0. The molecule has 0 aromatic rings. The Morgan fingerprint density at radius 1 is 1.04 bits per heavy atom. The summed E-state index contributed by atoms with van der Waals surface area (Å²) >= 11 is 0. The number of ether oxygens (including phenoxy) is 1. The van der Waals surface area contributed by atoms with Crippen LogP contribution < -0.4 is 5.32 Å². The molecule has 26 heavy (non-hydrogen) atoms. The summed E-state index contributed by atoms with van der Waals surface area (Å²) in [6.07, 6.45) is 7.53. The van der Waals surface area contributed by atoms with E-state index in [1.165, 1.54) is 51.7 Å². The van der Waals surface area contributed by atoms with E-state index >= 15 is 0 Å². The van der Waals surface area contributed by atoms with Gasteiger partial charge in [-0.25, -0.2) is 0 Å². The predicted molar refractivity (Wildman–Crippen MR) is 117 cm³/mol. The van der Waals surface area contributed by atoms with Crippen molar-refractivity contribution in [1.82, 2.24) is 15.1 Å². The summed E-state index contributed by atoms with van der Waals surface area (Å²) in [5.41, 5.74) is 0. The molecule has 150 valence electrons. The van der Waals surface area contributed by atoms with Crippen LogP contribution in [0.15, 0.2) is 4.99 Å². The van der Waals surface area contributed by atoms with Crippen LogP contribution in [-0.2, 0) is 4.74 Å². The Balaban J connectivity index is 0.00000196. The van der Waals surface area contributed by atoms with Gasteiger partial charge in [0.15, 0.2) is 5.96 Å². The second-order valence-corrected chi connectivity index (χ2v) is 8.50. The van der Waals surface area contributed by atoms with E-state index in [9.17, 15) is 0 Å². The third-order valence-corrected chi connectivity index (χ3v) is 6.83. The predicted octanol–water partition coefficient (Wildman–Crippen LogP) is 2.80. The maximum absolute atomic E-state index is 6.12. The highest BCUT2D eigenvalue weighted by atomic mass is 127. The van der Waals surface area contributed by atoms with Gasteiger partial charge in [0.1, 0.15) is 0 Å². The lowest BCUT2D eigenvalue weighted by molar-refractivity contribution is 0.0767. The van der Waals surface area contributed by atoms with Crippen molar-refractivity contribution in [1.29, 1.82) is 0 Å². The van der Waals surface area contributed by atoms with Crippen molar-refractivity contribution in [2.24, 2.45) is 22.7 Å². The van der Waals surface area contributed by atoms with Crippen molar-refractivity contribution < 1.29 is 4.74 Å². The molecule has 0 saturated carbocycles. The summed E-state index contributed by atoms with van der Waals surface area (Å²) in [5.74, 6) is 3.43. The number of fused-ring (bicyclic) bond motifs is 5. The van der Waals surface area contributed by atoms with Gasteiger partial charge in [-0.3, -0.25) is 4.99 Å². The molecular weight excluding hydrogens is 439 g/mol. The highest BCUT2D eigenvalue weighted by molar-refractivity contribution is 14.0. The summed E-state index contributed by atoms with van der Waals surface area (Å²) in [4.78, 5) is 10.2. The monoisotopic (exact) mass is 476 g/mol. The molecule has 5 nitrogen and oxygen atoms in total. The number of rotatable bonds is 5. The molecule has 0 amide bonds. The number of halogens is 1. The standard InChI is InChI=1S/C20H36N4O.HI/c1-3-9-23-10-7-15(8-11-23)12-22-20(21-4-2)24-13-16-17(14-24)19-6-5-18(16)25-19;/h15-19H,3-14H2,1-2H3,(H,21,22);1H. The zero-order valence-electron chi connectivity index (χ0n) is 16.5. The minimum atomic E-state index is 0. The summed E-state index contributed by atoms with van der Waals surface area (Å²) in [5, 5.41) is 3.56. The first-order chi connectivity index (χ1) is 12.3. The molecule has 4 aliphatic rings. The normalized spacial score (nSPS) is 34.8. The Labute approximate surface area is 176 Å². The van der Waals surface area contributed by atoms with Crippen LogP contribution in [0.1, 0.15) is 46.0 Å². The van der Waals surface area contributed by atoms with Crippen molar-refractivity contribution in [2.45, 2.75) is 58.2 Å². The lowest BCUT2D eigenvalue weighted by Crippen LogP contribution is -2.42. The smallest absolute Gasteiger partial charge is 0.193 e. The molecule has 1 N–H and O–H groups in total. The molecule has 6 heteroatoms. The number of guanidine groups is 1. The van der Waals surface area contributed by atoms with Crippen LogP contribution in [0, 0.1) is 17.8 Å². The van der Waals surface area contributed by atoms with Gasteiger partial charge in [0, 0.05) is 38.0 Å². The average molecular weight is 476 g/mol. The van der Waals surface area contributed by atoms with Gasteiger partial charge in [0.2, 0.25) is 0 Å². The molecule has 4 unspecified atom stereocenters. The highest BCUT2D eigenvalue weighted by Crippen LogP contribution is 2.47. The fourth-order valence-electron chi connectivity index (χ4n) is 5.48. The molecule has 0 spiro atoms. The molecule has 4 saturated heterocycles. The minimum Gasteiger partial charge on any atom is -0.374 e. The first-order valence-electron chi connectivity index (χ1n) is 10.7. The number of nitrogens with zero attached hydrogens (tertiary/aromatic N) is 3. The lowest BCUT2D eigenvalue weighted by Gasteiger charge is -2.31. The Kier molecular flexibility index (Phi) is 7.48. The molecule has 0 aliphatic carbocycles. The van der Waals surface area contributed by atoms with Gasteiger partial charge >= 0.3 is 0 Å². The van der Waals surface area contributed by atoms with E-state index in [4.69, 9.17) is 9.73 Å². The van der Waals surface area contributed by atoms with Gasteiger partial charge < -0.3 is 19.9 Å². The average Bonchev–Trinajstić information content (AvgIpc) is 3.33. The molecule has 0 radical (unpaired) electrons. The van der Waals surface area contributed by atoms with E-state index in [0.29, 0.717) is 12.2 Å². The number of hydrogen-bond acceptors (Lipinski definition) is 3. The summed E-state index contributed by atoms with van der Waals surface area (Å²) in [6, 6.07) is 0. The van der Waals surface area contributed by atoms with E-state index in [1.807, 2.05) is 0 Å². The number of hydrogen-bond donors (Lipinski definition) is 1. The SMILES string of the molecule is CCCN1CCC(CN=C(NCC)N2CC3C4CCC(O4)C3C2)CC1.I. The molecule has 4 rings (SSSR count). The summed E-state index contributed by atoms with van der Waals surface area (Å²) < 4.78 is 6.12. The lowest BCUT2D eigenvalue weighted by atomic mass is 9.82. The van der Waals surface area contributed by atoms with Crippen LogP contribution in [-0.4, -0.2) is 73.8 Å². The van der Waals surface area contributed by atoms with Crippen molar-refractivity contribution in [2.75, 3.05) is 45.8 Å². The largest absolute Gasteiger partial charge is 0.374 e. The van der Waals surface area contributed by atoms with Crippen LogP contribution in [0.4, 0.5) is 0 Å². The number of piperidine rings is 1. The fourth-order valence-corrected chi connectivity index (χ4v) is 5.48. The van der Waals surface area contributed by atoms with Gasteiger partial charge in [0.05, 0.1) is 12.2 Å². The van der Waals surface area contributed by atoms with Crippen LogP contribution in [0.5, 0.6) is 0 Å². The van der Waals surface area contributed by atoms with Crippen LogP contribution in [0.25, 0.3) is 0 Å². The van der Waals surface area contributed by atoms with E-state index in [0.717, 1.165) is 49.9 Å². The molecule has 2 bridgehead atoms. The number of nitrogens with one attached hydrogen (secondary N) is 1. The first kappa shape index (κ1) is 20.6. The molecular formula is C20H37IN4O. The topological polar surface area (TPSA) is 40.1 Å². The van der Waals surface area contributed by atoms with Crippen molar-refractivity contribution in [3.05, 3.63) is 0 Å². The van der Waals surface area contributed by atoms with Gasteiger partial charge in [-0.2, -0.15) is 0 Å². The van der Waals surface area contributed by atoms with E-state index < -0.39 is 0 Å². The molecule has 0 aromatic carbocycles. The molecule has 4 aliphatic heterocycles. The third kappa shape index (κ3) is 4.32. The van der Waals surface area contributed by atoms with Crippen LogP contribution >= 0.6 is 24.0 Å². The molecule has 4 heterocycles. The summed E-state index contributed by atoms with van der Waals surface area (Å²) in [6.45, 7) is 12.5. The van der Waals surface area contributed by atoms with Gasteiger partial charge in [0.25, 0.3) is 0 Å². The Morgan fingerprint density at radius 3 is 2.27 bits per heavy atom. The molecule has 4 fully saturated rings. The third-order valence-electron chi connectivity index (χ3n) is 6.83. The Bertz CT molecular complexity index is 462. The van der Waals surface area contributed by atoms with Crippen LogP contribution in [0.3, 0.4) is 0 Å². The van der Waals surface area contributed by atoms with Crippen molar-refractivity contribution in [3.8, 4) is 0 Å². The Morgan fingerprint density at radius 2 is 1.69 bits per heavy atom. The van der Waals surface area contributed by atoms with Crippen LogP contribution in [0.2, 0.25) is 0 Å². The first-order valence-corrected chi connectivity index (χ1v) is 10.7. The zero-order valence-corrected chi connectivity index (χ0v) is 18.9. The Hall–Kier alpha value is -0.0800. The van der Waals surface area contributed by atoms with E-state index in [2.05, 4.69) is 29.0 Å². The molecule has 4 atom stereocenters. The fraction of sp³-hybridized carbons (Fsp3) is 0.950. The number of likely N-dealkylation sites (tertiary alicyclic amines) is 2. The second kappa shape index (κ2) is 9.41. The summed E-state index contributed by atoms with van der Waals surface area (Å²) in [7, 11) is 0. The van der Waals surface area contributed by atoms with Crippen molar-refractivity contribution >= 4 is 29.9 Å². The maximum atomic E-state index is 6.12. The van der Waals surface area contributed by atoms with Gasteiger partial charge in [-0.1, -0.05) is 6.92 Å².